The molecule has 34 heavy (non-hydrogen) atoms. The van der Waals surface area contributed by atoms with Crippen LogP contribution >= 0.6 is 0 Å². The molecular weight excluding hydrogens is 424 g/mol. The second-order valence-corrected chi connectivity index (χ2v) is 10.1. The lowest BCUT2D eigenvalue weighted by atomic mass is 10.0. The quantitative estimate of drug-likeness (QED) is 0.114. The molecule has 0 aliphatic rings. The van der Waals surface area contributed by atoms with Gasteiger partial charge in [0.15, 0.2) is 0 Å². The van der Waals surface area contributed by atoms with Gasteiger partial charge in [-0.3, -0.25) is 9.59 Å². The van der Waals surface area contributed by atoms with Gasteiger partial charge in [0.25, 0.3) is 0 Å². The Balaban J connectivity index is 3.53. The summed E-state index contributed by atoms with van der Waals surface area (Å²) in [4.78, 5) is 24.3. The highest BCUT2D eigenvalue weighted by Crippen LogP contribution is 2.13. The van der Waals surface area contributed by atoms with Crippen LogP contribution in [0.4, 0.5) is 0 Å². The van der Waals surface area contributed by atoms with E-state index >= 15 is 0 Å². The van der Waals surface area contributed by atoms with E-state index in [0.29, 0.717) is 13.0 Å². The van der Waals surface area contributed by atoms with Crippen LogP contribution in [0.3, 0.4) is 0 Å². The number of aliphatic hydroxyl groups is 1. The largest absolute Gasteiger partial charge is 0.394 e. The molecule has 5 heteroatoms. The summed E-state index contributed by atoms with van der Waals surface area (Å²) in [7, 11) is 0. The fourth-order valence-corrected chi connectivity index (χ4v) is 4.36. The van der Waals surface area contributed by atoms with Gasteiger partial charge in [-0.2, -0.15) is 0 Å². The van der Waals surface area contributed by atoms with Gasteiger partial charge in [-0.25, -0.2) is 0 Å². The Morgan fingerprint density at radius 3 is 1.38 bits per heavy atom. The van der Waals surface area contributed by atoms with E-state index < -0.39 is 6.04 Å². The number of nitrogens with one attached hydrogen (secondary N) is 2. The van der Waals surface area contributed by atoms with Crippen molar-refractivity contribution in [1.82, 2.24) is 10.6 Å². The molecule has 0 heterocycles. The minimum Gasteiger partial charge on any atom is -0.394 e. The molecule has 0 saturated heterocycles. The zero-order valence-electron chi connectivity index (χ0n) is 22.8. The number of rotatable bonds is 26. The molecule has 0 aromatic rings. The Kier molecular flexibility index (Phi) is 25.6. The lowest BCUT2D eigenvalue weighted by molar-refractivity contribution is -0.130. The van der Waals surface area contributed by atoms with Crippen LogP contribution in [0.5, 0.6) is 0 Å². The normalized spacial score (nSPS) is 12.0. The molecule has 0 aliphatic heterocycles. The van der Waals surface area contributed by atoms with Crippen LogP contribution in [0.15, 0.2) is 0 Å². The molecule has 5 nitrogen and oxygen atoms in total. The van der Waals surface area contributed by atoms with E-state index in [1.54, 1.807) is 0 Å². The summed E-state index contributed by atoms with van der Waals surface area (Å²) in [5.41, 5.74) is 0. The smallest absolute Gasteiger partial charge is 0.244 e. The number of aliphatic hydroxyl groups excluding tert-OH is 1. The zero-order chi connectivity index (χ0) is 25.1. The van der Waals surface area contributed by atoms with Crippen LogP contribution in [0.1, 0.15) is 155 Å². The molecule has 0 fully saturated rings. The van der Waals surface area contributed by atoms with Crippen molar-refractivity contribution in [2.45, 2.75) is 161 Å². The molecule has 3 N–H and O–H groups in total. The molecule has 0 aromatic carbocycles. The molecule has 1 atom stereocenters. The lowest BCUT2D eigenvalue weighted by Gasteiger charge is -2.16. The van der Waals surface area contributed by atoms with Gasteiger partial charge in [0, 0.05) is 13.0 Å². The van der Waals surface area contributed by atoms with E-state index in [0.717, 1.165) is 25.7 Å². The number of amides is 2. The summed E-state index contributed by atoms with van der Waals surface area (Å²) in [6, 6.07) is -0.830. The van der Waals surface area contributed by atoms with Crippen molar-refractivity contribution >= 4 is 11.8 Å². The first-order chi connectivity index (χ1) is 16.7. The third-order valence-corrected chi connectivity index (χ3v) is 6.67. The number of hydrogen-bond donors (Lipinski definition) is 3. The summed E-state index contributed by atoms with van der Waals surface area (Å²) in [5.74, 6) is -0.413. The average Bonchev–Trinajstić information content (AvgIpc) is 2.84. The maximum Gasteiger partial charge on any atom is 0.244 e. The Hall–Kier alpha value is -1.10. The van der Waals surface area contributed by atoms with Crippen LogP contribution in [0.2, 0.25) is 0 Å². The van der Waals surface area contributed by atoms with E-state index in [1.807, 2.05) is 0 Å². The highest BCUT2D eigenvalue weighted by atomic mass is 16.3. The third kappa shape index (κ3) is 22.7. The Labute approximate surface area is 211 Å². The highest BCUT2D eigenvalue weighted by Gasteiger charge is 2.19. The molecule has 202 valence electrons. The maximum atomic E-state index is 12.2. The van der Waals surface area contributed by atoms with Gasteiger partial charge < -0.3 is 15.7 Å². The molecule has 0 aliphatic carbocycles. The van der Waals surface area contributed by atoms with Gasteiger partial charge in [-0.15, -0.1) is 0 Å². The van der Waals surface area contributed by atoms with Crippen molar-refractivity contribution < 1.29 is 14.7 Å². The van der Waals surface area contributed by atoms with Crippen LogP contribution < -0.4 is 10.6 Å². The predicted octanol–water partition coefficient (Wildman–Crippen LogP) is 7.20. The predicted molar refractivity (Wildman–Crippen MR) is 145 cm³/mol. The van der Waals surface area contributed by atoms with Crippen LogP contribution in [0.25, 0.3) is 0 Å². The van der Waals surface area contributed by atoms with Gasteiger partial charge >= 0.3 is 0 Å². The minimum atomic E-state index is -0.830. The average molecular weight is 483 g/mol. The number of carbonyl (C=O) groups is 2. The van der Waals surface area contributed by atoms with Gasteiger partial charge in [0.2, 0.25) is 11.8 Å². The van der Waals surface area contributed by atoms with E-state index in [1.165, 1.54) is 109 Å². The fraction of sp³-hybridized carbons (Fsp3) is 0.931. The molecule has 0 rings (SSSR count). The second kappa shape index (κ2) is 26.5. The van der Waals surface area contributed by atoms with Crippen molar-refractivity contribution in [3.8, 4) is 0 Å². The second-order valence-electron chi connectivity index (χ2n) is 10.1. The van der Waals surface area contributed by atoms with E-state index in [-0.39, 0.29) is 18.4 Å². The van der Waals surface area contributed by atoms with Crippen molar-refractivity contribution in [3.63, 3.8) is 0 Å². The summed E-state index contributed by atoms with van der Waals surface area (Å²) >= 11 is 0. The Morgan fingerprint density at radius 2 is 0.971 bits per heavy atom. The number of carbonyl (C=O) groups excluding carboxylic acids is 2. The topological polar surface area (TPSA) is 78.4 Å². The highest BCUT2D eigenvalue weighted by molar-refractivity contribution is 5.87. The minimum absolute atomic E-state index is 0.136. The van der Waals surface area contributed by atoms with E-state index in [2.05, 4.69) is 24.5 Å². The molecule has 2 amide bonds. The lowest BCUT2D eigenvalue weighted by Crippen LogP contribution is -2.49. The van der Waals surface area contributed by atoms with Crippen LogP contribution in [-0.2, 0) is 9.59 Å². The maximum absolute atomic E-state index is 12.2. The van der Waals surface area contributed by atoms with E-state index in [4.69, 9.17) is 0 Å². The zero-order valence-corrected chi connectivity index (χ0v) is 22.8. The Bertz CT molecular complexity index is 457. The standard InChI is InChI=1S/C29H58N2O3/c1-3-5-7-9-11-12-13-14-15-16-17-18-19-20-22-24-28(33)31-27(26-32)29(34)30-25-23-21-10-8-6-4-2/h27,32H,3-26H2,1-2H3,(H,30,34)(H,31,33)/t27-/m0/s1. The van der Waals surface area contributed by atoms with E-state index in [9.17, 15) is 14.7 Å². The SMILES string of the molecule is CCCCCCCCCCCCCCCCCC(=O)N[C@@H](CO)C(=O)NCCCCCCCC. The summed E-state index contributed by atoms with van der Waals surface area (Å²) in [6.45, 7) is 4.72. The number of hydrogen-bond acceptors (Lipinski definition) is 3. The summed E-state index contributed by atoms with van der Waals surface area (Å²) in [5, 5.41) is 15.0. The van der Waals surface area contributed by atoms with Gasteiger partial charge in [-0.1, -0.05) is 136 Å². The summed E-state index contributed by atoms with van der Waals surface area (Å²) in [6.07, 6.45) is 26.9. The van der Waals surface area contributed by atoms with Crippen LogP contribution in [-0.4, -0.2) is 36.1 Å². The molecule has 0 radical (unpaired) electrons. The molecule has 0 aromatic heterocycles. The van der Waals surface area contributed by atoms with Crippen molar-refractivity contribution in [2.24, 2.45) is 0 Å². The van der Waals surface area contributed by atoms with Gasteiger partial charge in [0.1, 0.15) is 6.04 Å². The molecular formula is C29H58N2O3. The monoisotopic (exact) mass is 482 g/mol. The van der Waals surface area contributed by atoms with Crippen molar-refractivity contribution in [2.75, 3.05) is 13.2 Å². The number of unbranched alkanes of at least 4 members (excludes halogenated alkanes) is 19. The van der Waals surface area contributed by atoms with Gasteiger partial charge in [-0.05, 0) is 12.8 Å². The van der Waals surface area contributed by atoms with Crippen molar-refractivity contribution in [1.29, 1.82) is 0 Å². The van der Waals surface area contributed by atoms with Gasteiger partial charge in [0.05, 0.1) is 6.61 Å². The fourth-order valence-electron chi connectivity index (χ4n) is 4.36. The first kappa shape index (κ1) is 32.9. The third-order valence-electron chi connectivity index (χ3n) is 6.67. The molecule has 0 spiro atoms. The molecule has 0 bridgehead atoms. The molecule has 0 saturated carbocycles. The summed E-state index contributed by atoms with van der Waals surface area (Å²) < 4.78 is 0. The Morgan fingerprint density at radius 1 is 0.588 bits per heavy atom. The van der Waals surface area contributed by atoms with Crippen molar-refractivity contribution in [3.05, 3.63) is 0 Å². The molecule has 0 unspecified atom stereocenters. The van der Waals surface area contributed by atoms with Crippen LogP contribution in [0, 0.1) is 0 Å². The first-order valence-corrected chi connectivity index (χ1v) is 14.8. The first-order valence-electron chi connectivity index (χ1n) is 14.8.